The van der Waals surface area contributed by atoms with Gasteiger partial charge in [-0.15, -0.1) is 0 Å². The number of nitriles is 1. The summed E-state index contributed by atoms with van der Waals surface area (Å²) in [6.45, 7) is 3.05. The largest absolute Gasteiger partial charge is 0.336 e. The number of nitrogens with one attached hydrogen (secondary N) is 2. The molecule has 0 saturated carbocycles. The molecule has 2 saturated heterocycles. The molecule has 2 fully saturated rings. The van der Waals surface area contributed by atoms with Crippen LogP contribution in [0.4, 0.5) is 0 Å². The molecule has 4 rings (SSSR count). The van der Waals surface area contributed by atoms with Crippen LogP contribution in [-0.2, 0) is 0 Å². The number of halogens is 1. The minimum atomic E-state index is 0.0284. The fraction of sp³-hybridized carbons (Fsp3) is 0.333. The molecule has 0 spiro atoms. The first-order chi connectivity index (χ1) is 13.6. The Hall–Kier alpha value is -2.43. The highest BCUT2D eigenvalue weighted by Gasteiger charge is 2.32. The molecule has 0 aliphatic carbocycles. The molecule has 2 atom stereocenters. The van der Waals surface area contributed by atoms with Crippen LogP contribution in [0, 0.1) is 11.3 Å². The van der Waals surface area contributed by atoms with Gasteiger partial charge < -0.3 is 4.90 Å². The fourth-order valence-electron chi connectivity index (χ4n) is 3.80. The van der Waals surface area contributed by atoms with E-state index in [1.54, 1.807) is 24.3 Å². The lowest BCUT2D eigenvalue weighted by atomic mass is 10.0. The van der Waals surface area contributed by atoms with Gasteiger partial charge in [-0.25, -0.2) is 10.9 Å². The molecule has 2 aromatic rings. The van der Waals surface area contributed by atoms with Gasteiger partial charge in [-0.3, -0.25) is 9.69 Å². The third-order valence-electron chi connectivity index (χ3n) is 5.46. The molecule has 0 bridgehead atoms. The van der Waals surface area contributed by atoms with Crippen molar-refractivity contribution in [1.29, 1.82) is 5.26 Å². The number of rotatable bonds is 3. The van der Waals surface area contributed by atoms with Crippen LogP contribution in [0.25, 0.3) is 0 Å². The highest BCUT2D eigenvalue weighted by Crippen LogP contribution is 2.25. The summed E-state index contributed by atoms with van der Waals surface area (Å²) < 4.78 is 0. The van der Waals surface area contributed by atoms with Crippen molar-refractivity contribution in [2.75, 3.05) is 26.2 Å². The number of hydrogen-bond donors (Lipinski definition) is 2. The van der Waals surface area contributed by atoms with Gasteiger partial charge in [0.2, 0.25) is 0 Å². The summed E-state index contributed by atoms with van der Waals surface area (Å²) in [6, 6.07) is 17.1. The first-order valence-corrected chi connectivity index (χ1v) is 9.82. The number of hydrazine groups is 1. The van der Waals surface area contributed by atoms with Crippen molar-refractivity contribution in [1.82, 2.24) is 20.7 Å². The predicted molar refractivity (Wildman–Crippen MR) is 108 cm³/mol. The van der Waals surface area contributed by atoms with Gasteiger partial charge in [-0.1, -0.05) is 23.7 Å². The summed E-state index contributed by atoms with van der Waals surface area (Å²) >= 11 is 5.98. The van der Waals surface area contributed by atoms with E-state index in [1.807, 2.05) is 17.0 Å². The predicted octanol–water partition coefficient (Wildman–Crippen LogP) is 2.53. The number of nitrogens with zero attached hydrogens (tertiary/aromatic N) is 3. The molecule has 2 aliphatic rings. The Labute approximate surface area is 169 Å². The Morgan fingerprint density at radius 3 is 2.32 bits per heavy atom. The molecule has 0 radical (unpaired) electrons. The SMILES string of the molecule is N#Cc1ccc(C(=O)N2CCN(C3CC(c4ccc(Cl)cc4)NN3)CC2)cc1. The van der Waals surface area contributed by atoms with Crippen molar-refractivity contribution in [2.45, 2.75) is 18.6 Å². The topological polar surface area (TPSA) is 71.4 Å². The highest BCUT2D eigenvalue weighted by molar-refractivity contribution is 6.30. The minimum Gasteiger partial charge on any atom is -0.336 e. The van der Waals surface area contributed by atoms with E-state index in [1.165, 1.54) is 5.56 Å². The Balaban J connectivity index is 1.31. The molecule has 144 valence electrons. The van der Waals surface area contributed by atoms with Gasteiger partial charge >= 0.3 is 0 Å². The van der Waals surface area contributed by atoms with Gasteiger partial charge in [0.15, 0.2) is 0 Å². The van der Waals surface area contributed by atoms with Crippen LogP contribution in [-0.4, -0.2) is 48.1 Å². The van der Waals surface area contributed by atoms with Gasteiger partial charge in [0, 0.05) is 42.8 Å². The average Bonchev–Trinajstić information content (AvgIpc) is 3.24. The molecule has 0 aromatic heterocycles. The molecule has 1 amide bonds. The lowest BCUT2D eigenvalue weighted by Crippen LogP contribution is -2.55. The smallest absolute Gasteiger partial charge is 0.253 e. The maximum atomic E-state index is 12.7. The first-order valence-electron chi connectivity index (χ1n) is 9.44. The van der Waals surface area contributed by atoms with Crippen molar-refractivity contribution in [2.24, 2.45) is 0 Å². The Bertz CT molecular complexity index is 869. The lowest BCUT2D eigenvalue weighted by Gasteiger charge is -2.37. The molecule has 2 heterocycles. The fourth-order valence-corrected chi connectivity index (χ4v) is 3.93. The quantitative estimate of drug-likeness (QED) is 0.835. The van der Waals surface area contributed by atoms with E-state index in [-0.39, 0.29) is 18.1 Å². The zero-order valence-electron chi connectivity index (χ0n) is 15.4. The van der Waals surface area contributed by atoms with Crippen LogP contribution in [0.5, 0.6) is 0 Å². The summed E-state index contributed by atoms with van der Waals surface area (Å²) in [5, 5.41) is 9.63. The van der Waals surface area contributed by atoms with Crippen LogP contribution in [0.15, 0.2) is 48.5 Å². The number of carbonyl (C=O) groups is 1. The molecular formula is C21H22ClN5O. The lowest BCUT2D eigenvalue weighted by molar-refractivity contribution is 0.0545. The van der Waals surface area contributed by atoms with Crippen LogP contribution in [0.1, 0.15) is 33.9 Å². The van der Waals surface area contributed by atoms with E-state index in [0.29, 0.717) is 24.2 Å². The zero-order valence-corrected chi connectivity index (χ0v) is 16.2. The van der Waals surface area contributed by atoms with Gasteiger partial charge in [-0.2, -0.15) is 5.26 Å². The van der Waals surface area contributed by atoms with Crippen molar-refractivity contribution in [3.8, 4) is 6.07 Å². The first kappa shape index (κ1) is 18.9. The molecule has 6 nitrogen and oxygen atoms in total. The zero-order chi connectivity index (χ0) is 19.5. The summed E-state index contributed by atoms with van der Waals surface area (Å²) in [5.41, 5.74) is 9.17. The van der Waals surface area contributed by atoms with Crippen LogP contribution >= 0.6 is 11.6 Å². The van der Waals surface area contributed by atoms with Crippen molar-refractivity contribution < 1.29 is 4.79 Å². The molecule has 7 heteroatoms. The monoisotopic (exact) mass is 395 g/mol. The van der Waals surface area contributed by atoms with Crippen LogP contribution in [0.3, 0.4) is 0 Å². The third-order valence-corrected chi connectivity index (χ3v) is 5.71. The molecule has 2 N–H and O–H groups in total. The number of amides is 1. The molecule has 28 heavy (non-hydrogen) atoms. The summed E-state index contributed by atoms with van der Waals surface area (Å²) in [6.07, 6.45) is 1.21. The third kappa shape index (κ3) is 4.03. The normalized spacial score (nSPS) is 22.8. The second kappa shape index (κ2) is 8.29. The van der Waals surface area contributed by atoms with Gasteiger partial charge in [0.05, 0.1) is 17.8 Å². The number of hydrogen-bond acceptors (Lipinski definition) is 5. The van der Waals surface area contributed by atoms with Crippen LogP contribution in [0.2, 0.25) is 5.02 Å². The van der Waals surface area contributed by atoms with Gasteiger partial charge in [0.25, 0.3) is 5.91 Å². The van der Waals surface area contributed by atoms with E-state index in [9.17, 15) is 4.79 Å². The molecule has 2 aliphatic heterocycles. The standard InChI is InChI=1S/C21H22ClN5O/c22-18-7-5-16(6-8-18)19-13-20(25-24-19)26-9-11-27(12-10-26)21(28)17-3-1-15(14-23)2-4-17/h1-8,19-20,24-25H,9-13H2. The number of benzene rings is 2. The van der Waals surface area contributed by atoms with E-state index < -0.39 is 0 Å². The maximum absolute atomic E-state index is 12.7. The van der Waals surface area contributed by atoms with E-state index >= 15 is 0 Å². The van der Waals surface area contributed by atoms with Crippen molar-refractivity contribution in [3.63, 3.8) is 0 Å². The summed E-state index contributed by atoms with van der Waals surface area (Å²) in [4.78, 5) is 16.9. The van der Waals surface area contributed by atoms with Crippen molar-refractivity contribution >= 4 is 17.5 Å². The summed E-state index contributed by atoms with van der Waals surface area (Å²) in [7, 11) is 0. The van der Waals surface area contributed by atoms with E-state index in [0.717, 1.165) is 24.5 Å². The Kier molecular flexibility index (Phi) is 5.60. The van der Waals surface area contributed by atoms with Gasteiger partial charge in [-0.05, 0) is 48.4 Å². The Morgan fingerprint density at radius 2 is 1.68 bits per heavy atom. The average molecular weight is 396 g/mol. The van der Waals surface area contributed by atoms with E-state index in [2.05, 4.69) is 34.0 Å². The second-order valence-corrected chi connectivity index (χ2v) is 7.60. The Morgan fingerprint density at radius 1 is 1.00 bits per heavy atom. The molecule has 2 aromatic carbocycles. The second-order valence-electron chi connectivity index (χ2n) is 7.16. The number of carbonyl (C=O) groups excluding carboxylic acids is 1. The van der Waals surface area contributed by atoms with Crippen LogP contribution < -0.4 is 10.9 Å². The number of piperazine rings is 1. The summed E-state index contributed by atoms with van der Waals surface area (Å²) in [5.74, 6) is 0.0284. The molecule has 2 unspecified atom stereocenters. The van der Waals surface area contributed by atoms with Gasteiger partial charge in [0.1, 0.15) is 0 Å². The highest BCUT2D eigenvalue weighted by atomic mass is 35.5. The minimum absolute atomic E-state index is 0.0284. The molecular weight excluding hydrogens is 374 g/mol. The van der Waals surface area contributed by atoms with E-state index in [4.69, 9.17) is 16.9 Å². The maximum Gasteiger partial charge on any atom is 0.253 e. The van der Waals surface area contributed by atoms with Crippen molar-refractivity contribution in [3.05, 3.63) is 70.2 Å².